The monoisotopic (exact) mass is 258 g/mol. The molecule has 0 saturated heterocycles. The third-order valence-corrected chi connectivity index (χ3v) is 3.69. The van der Waals surface area contributed by atoms with Gasteiger partial charge < -0.3 is 10.2 Å². The Bertz CT molecular complexity index is 500. The van der Waals surface area contributed by atoms with Gasteiger partial charge in [-0.25, -0.2) is 4.98 Å². The van der Waals surface area contributed by atoms with Crippen LogP contribution in [0.5, 0.6) is 0 Å². The third kappa shape index (κ3) is 3.05. The minimum atomic E-state index is 0.763. The molecule has 19 heavy (non-hydrogen) atoms. The van der Waals surface area contributed by atoms with Gasteiger partial charge in [0.2, 0.25) is 0 Å². The Hall–Kier alpha value is -1.60. The molecular formula is C15H22N4. The molecule has 0 radical (unpaired) electrons. The standard InChI is InChI=1S/C15H22N4/c1-11-12-6-4-5-7-13(12)14(10-16)15(18-11)17-8-9-19(2)3/h4-9H2,1-3H3,(H,17,18). The molecule has 1 aliphatic rings. The summed E-state index contributed by atoms with van der Waals surface area (Å²) in [6.07, 6.45) is 4.49. The van der Waals surface area contributed by atoms with Crippen LogP contribution >= 0.6 is 0 Å². The number of hydrogen-bond acceptors (Lipinski definition) is 4. The lowest BCUT2D eigenvalue weighted by Gasteiger charge is -2.21. The van der Waals surface area contributed by atoms with E-state index >= 15 is 0 Å². The van der Waals surface area contributed by atoms with Crippen molar-refractivity contribution in [1.29, 1.82) is 5.26 Å². The van der Waals surface area contributed by atoms with E-state index in [4.69, 9.17) is 0 Å². The SMILES string of the molecule is Cc1nc(NCCN(C)C)c(C#N)c2c1CCCC2. The topological polar surface area (TPSA) is 52.0 Å². The quantitative estimate of drug-likeness (QED) is 0.898. The van der Waals surface area contributed by atoms with Crippen molar-refractivity contribution >= 4 is 5.82 Å². The summed E-state index contributed by atoms with van der Waals surface area (Å²) in [6, 6.07) is 2.35. The van der Waals surface area contributed by atoms with Gasteiger partial charge in [-0.05, 0) is 57.8 Å². The first-order chi connectivity index (χ1) is 9.13. The Labute approximate surface area is 115 Å². The minimum absolute atomic E-state index is 0.763. The van der Waals surface area contributed by atoms with E-state index in [0.29, 0.717) is 0 Å². The van der Waals surface area contributed by atoms with Crippen molar-refractivity contribution in [3.05, 3.63) is 22.4 Å². The zero-order valence-corrected chi connectivity index (χ0v) is 12.1. The number of pyridine rings is 1. The lowest BCUT2D eigenvalue weighted by Crippen LogP contribution is -2.22. The van der Waals surface area contributed by atoms with Gasteiger partial charge in [0.25, 0.3) is 0 Å². The van der Waals surface area contributed by atoms with E-state index in [2.05, 4.69) is 28.2 Å². The van der Waals surface area contributed by atoms with Crippen LogP contribution in [0.3, 0.4) is 0 Å². The number of hydrogen-bond donors (Lipinski definition) is 1. The molecule has 0 spiro atoms. The zero-order chi connectivity index (χ0) is 13.8. The molecule has 0 aromatic carbocycles. The van der Waals surface area contributed by atoms with E-state index in [9.17, 15) is 5.26 Å². The van der Waals surface area contributed by atoms with Crippen molar-refractivity contribution in [2.45, 2.75) is 32.6 Å². The summed E-state index contributed by atoms with van der Waals surface area (Å²) in [7, 11) is 4.08. The van der Waals surface area contributed by atoms with E-state index in [1.807, 2.05) is 14.1 Å². The maximum Gasteiger partial charge on any atom is 0.144 e. The van der Waals surface area contributed by atoms with Gasteiger partial charge in [0.05, 0.1) is 5.56 Å². The van der Waals surface area contributed by atoms with Gasteiger partial charge in [-0.1, -0.05) is 0 Å². The van der Waals surface area contributed by atoms with Crippen molar-refractivity contribution < 1.29 is 0 Å². The highest BCUT2D eigenvalue weighted by molar-refractivity contribution is 5.60. The summed E-state index contributed by atoms with van der Waals surface area (Å²) in [4.78, 5) is 6.72. The Morgan fingerprint density at radius 3 is 2.58 bits per heavy atom. The Balaban J connectivity index is 2.28. The molecule has 2 rings (SSSR count). The predicted molar refractivity (Wildman–Crippen MR) is 77.4 cm³/mol. The summed E-state index contributed by atoms with van der Waals surface area (Å²) in [5, 5.41) is 12.7. The molecule has 4 heteroatoms. The highest BCUT2D eigenvalue weighted by Crippen LogP contribution is 2.29. The molecule has 0 bridgehead atoms. The summed E-state index contributed by atoms with van der Waals surface area (Å²) in [5.74, 6) is 0.766. The minimum Gasteiger partial charge on any atom is -0.368 e. The molecule has 0 aliphatic heterocycles. The highest BCUT2D eigenvalue weighted by Gasteiger charge is 2.20. The molecule has 1 aliphatic carbocycles. The third-order valence-electron chi connectivity index (χ3n) is 3.69. The number of anilines is 1. The first-order valence-corrected chi connectivity index (χ1v) is 6.94. The maximum absolute atomic E-state index is 9.43. The fourth-order valence-electron chi connectivity index (χ4n) is 2.66. The molecule has 0 atom stereocenters. The Morgan fingerprint density at radius 2 is 1.95 bits per heavy atom. The summed E-state index contributed by atoms with van der Waals surface area (Å²) in [6.45, 7) is 3.80. The Morgan fingerprint density at radius 1 is 1.26 bits per heavy atom. The van der Waals surface area contributed by atoms with Crippen LogP contribution in [0.15, 0.2) is 0 Å². The van der Waals surface area contributed by atoms with Gasteiger partial charge >= 0.3 is 0 Å². The number of nitrogens with zero attached hydrogens (tertiary/aromatic N) is 3. The van der Waals surface area contributed by atoms with Gasteiger partial charge in [0.1, 0.15) is 11.9 Å². The van der Waals surface area contributed by atoms with Crippen LogP contribution < -0.4 is 5.32 Å². The highest BCUT2D eigenvalue weighted by atomic mass is 15.1. The van der Waals surface area contributed by atoms with E-state index in [0.717, 1.165) is 43.0 Å². The lowest BCUT2D eigenvalue weighted by molar-refractivity contribution is 0.425. The average Bonchev–Trinajstić information content (AvgIpc) is 2.39. The molecule has 1 aromatic heterocycles. The van der Waals surface area contributed by atoms with E-state index in [-0.39, 0.29) is 0 Å². The number of aromatic nitrogens is 1. The number of nitrogens with one attached hydrogen (secondary N) is 1. The second-order valence-electron chi connectivity index (χ2n) is 5.43. The molecular weight excluding hydrogens is 236 g/mol. The number of rotatable bonds is 4. The van der Waals surface area contributed by atoms with Crippen LogP contribution in [-0.2, 0) is 12.8 Å². The molecule has 0 fully saturated rings. The van der Waals surface area contributed by atoms with E-state index in [1.165, 1.54) is 24.0 Å². The number of nitriles is 1. The summed E-state index contributed by atoms with van der Waals surface area (Å²) < 4.78 is 0. The molecule has 102 valence electrons. The van der Waals surface area contributed by atoms with Gasteiger partial charge in [0.15, 0.2) is 0 Å². The normalized spacial score (nSPS) is 14.1. The fraction of sp³-hybridized carbons (Fsp3) is 0.600. The first-order valence-electron chi connectivity index (χ1n) is 6.94. The van der Waals surface area contributed by atoms with Crippen molar-refractivity contribution in [2.24, 2.45) is 0 Å². The second-order valence-corrected chi connectivity index (χ2v) is 5.43. The molecule has 1 N–H and O–H groups in total. The number of fused-ring (bicyclic) bond motifs is 1. The van der Waals surface area contributed by atoms with Gasteiger partial charge in [-0.2, -0.15) is 5.26 Å². The van der Waals surface area contributed by atoms with Crippen LogP contribution in [-0.4, -0.2) is 37.1 Å². The molecule has 0 saturated carbocycles. The molecule has 0 unspecified atom stereocenters. The Kier molecular flexibility index (Phi) is 4.39. The first kappa shape index (κ1) is 13.8. The summed E-state index contributed by atoms with van der Waals surface area (Å²) in [5.41, 5.74) is 4.38. The van der Waals surface area contributed by atoms with Crippen LogP contribution in [0, 0.1) is 18.3 Å². The van der Waals surface area contributed by atoms with Crippen molar-refractivity contribution in [2.75, 3.05) is 32.5 Å². The van der Waals surface area contributed by atoms with Crippen LogP contribution in [0.1, 0.15) is 35.2 Å². The van der Waals surface area contributed by atoms with Crippen LogP contribution in [0.4, 0.5) is 5.82 Å². The number of aryl methyl sites for hydroxylation is 1. The van der Waals surface area contributed by atoms with Crippen molar-refractivity contribution in [1.82, 2.24) is 9.88 Å². The van der Waals surface area contributed by atoms with Gasteiger partial charge in [-0.3, -0.25) is 0 Å². The van der Waals surface area contributed by atoms with Crippen molar-refractivity contribution in [3.8, 4) is 6.07 Å². The molecule has 0 amide bonds. The van der Waals surface area contributed by atoms with Gasteiger partial charge in [-0.15, -0.1) is 0 Å². The van der Waals surface area contributed by atoms with E-state index < -0.39 is 0 Å². The average molecular weight is 258 g/mol. The number of likely N-dealkylation sites (N-methyl/N-ethyl adjacent to an activating group) is 1. The maximum atomic E-state index is 9.43. The van der Waals surface area contributed by atoms with Crippen molar-refractivity contribution in [3.63, 3.8) is 0 Å². The fourth-order valence-corrected chi connectivity index (χ4v) is 2.66. The summed E-state index contributed by atoms with van der Waals surface area (Å²) >= 11 is 0. The van der Waals surface area contributed by atoms with Gasteiger partial charge in [0, 0.05) is 18.8 Å². The predicted octanol–water partition coefficient (Wildman–Crippen LogP) is 2.11. The zero-order valence-electron chi connectivity index (χ0n) is 12.1. The molecule has 1 aromatic rings. The smallest absolute Gasteiger partial charge is 0.144 e. The van der Waals surface area contributed by atoms with Crippen LogP contribution in [0.2, 0.25) is 0 Å². The largest absolute Gasteiger partial charge is 0.368 e. The van der Waals surface area contributed by atoms with Crippen LogP contribution in [0.25, 0.3) is 0 Å². The van der Waals surface area contributed by atoms with E-state index in [1.54, 1.807) is 0 Å². The lowest BCUT2D eigenvalue weighted by atomic mass is 9.88. The molecule has 1 heterocycles. The second kappa shape index (κ2) is 6.03. The molecule has 4 nitrogen and oxygen atoms in total.